The molecule has 2 amide bonds. The molecule has 0 aromatic rings. The van der Waals surface area contributed by atoms with Gasteiger partial charge in [0.05, 0.1) is 0 Å². The van der Waals surface area contributed by atoms with Crippen molar-refractivity contribution in [2.75, 3.05) is 18.1 Å². The summed E-state index contributed by atoms with van der Waals surface area (Å²) in [6, 6.07) is -0.871. The highest BCUT2D eigenvalue weighted by Crippen LogP contribution is 2.13. The van der Waals surface area contributed by atoms with Gasteiger partial charge >= 0.3 is 12.3 Å². The predicted octanol–water partition coefficient (Wildman–Crippen LogP) is 5.02. The van der Waals surface area contributed by atoms with E-state index in [1.165, 1.54) is 28.5 Å². The van der Waals surface area contributed by atoms with Crippen LogP contribution in [0.15, 0.2) is 34.9 Å². The third-order valence-corrected chi connectivity index (χ3v) is 5.58. The number of ketones is 1. The largest absolute Gasteiger partial charge is 0.444 e. The number of Topliss-reactive ketones (excluding diaryl/α,β-unsaturated/α-hetero) is 1. The van der Waals surface area contributed by atoms with Gasteiger partial charge in [0.1, 0.15) is 18.2 Å². The van der Waals surface area contributed by atoms with Crippen molar-refractivity contribution in [1.82, 2.24) is 10.6 Å². The maximum atomic E-state index is 12.2. The van der Waals surface area contributed by atoms with Crippen LogP contribution in [0.25, 0.3) is 5.53 Å². The van der Waals surface area contributed by atoms with Crippen molar-refractivity contribution in [3.8, 4) is 0 Å². The van der Waals surface area contributed by atoms with Crippen molar-refractivity contribution in [1.29, 1.82) is 0 Å². The molecule has 2 N–H and O–H groups in total. The van der Waals surface area contributed by atoms with E-state index in [9.17, 15) is 14.4 Å². The molecule has 0 aliphatic rings. The summed E-state index contributed by atoms with van der Waals surface area (Å²) in [6.07, 6.45) is 10.8. The van der Waals surface area contributed by atoms with E-state index in [1.54, 1.807) is 20.8 Å². The molecule has 0 rings (SSSR count). The van der Waals surface area contributed by atoms with Gasteiger partial charge in [0, 0.05) is 11.5 Å². The summed E-state index contributed by atoms with van der Waals surface area (Å²) in [7, 11) is 0. The van der Waals surface area contributed by atoms with Crippen molar-refractivity contribution in [3.63, 3.8) is 0 Å². The van der Waals surface area contributed by atoms with Gasteiger partial charge in [0.25, 0.3) is 5.78 Å². The molecule has 0 aromatic carbocycles. The first-order valence-electron chi connectivity index (χ1n) is 11.8. The van der Waals surface area contributed by atoms with Gasteiger partial charge in [0.2, 0.25) is 5.91 Å². The van der Waals surface area contributed by atoms with Crippen molar-refractivity contribution < 1.29 is 23.9 Å². The van der Waals surface area contributed by atoms with Crippen LogP contribution < -0.4 is 10.6 Å². The van der Waals surface area contributed by atoms with Crippen molar-refractivity contribution >= 4 is 35.8 Å². The lowest BCUT2D eigenvalue weighted by Gasteiger charge is -2.20. The summed E-state index contributed by atoms with van der Waals surface area (Å²) in [5, 5.41) is 4.91. The number of carbonyl (C=O) groups excluding carboxylic acids is 3. The van der Waals surface area contributed by atoms with Crippen LogP contribution in [0.5, 0.6) is 0 Å². The van der Waals surface area contributed by atoms with Crippen LogP contribution in [0.1, 0.15) is 74.1 Å². The molecule has 35 heavy (non-hydrogen) atoms. The molecule has 0 heterocycles. The van der Waals surface area contributed by atoms with E-state index in [0.29, 0.717) is 11.5 Å². The van der Waals surface area contributed by atoms with Crippen LogP contribution >= 0.6 is 11.8 Å². The molecule has 0 radical (unpaired) electrons. The van der Waals surface area contributed by atoms with Gasteiger partial charge in [-0.05, 0) is 74.1 Å². The molecule has 9 heteroatoms. The quantitative estimate of drug-likeness (QED) is 0.106. The third-order valence-electron chi connectivity index (χ3n) is 4.61. The number of nitrogens with zero attached hydrogens (tertiary/aromatic N) is 2. The molecule has 0 aromatic heterocycles. The highest BCUT2D eigenvalue weighted by molar-refractivity contribution is 7.99. The van der Waals surface area contributed by atoms with E-state index in [4.69, 9.17) is 10.3 Å². The molecule has 0 unspecified atom stereocenters. The summed E-state index contributed by atoms with van der Waals surface area (Å²) in [5.74, 6) is -0.0863. The van der Waals surface area contributed by atoms with Gasteiger partial charge in [-0.15, -0.1) is 0 Å². The summed E-state index contributed by atoms with van der Waals surface area (Å²) in [5.41, 5.74) is 12.0. The lowest BCUT2D eigenvalue weighted by atomic mass is 10.1. The molecule has 0 fully saturated rings. The standard InChI is InChI=1S/C26H42N4O4S/c1-19(2)10-8-11-20(3)12-9-13-21(4)14-15-35-18-22(23(31)16-29-27)30-24(32)17-28-25(33)34-26(5,6)7/h10,12,14,16,22H,8-9,11,13,15,17-18H2,1-7H3,(H,28,33)(H,30,32)/b20-12+,21-14+/t22-/m0/s1. The van der Waals surface area contributed by atoms with Crippen LogP contribution in [-0.2, 0) is 14.3 Å². The second kappa shape index (κ2) is 17.7. The molecule has 0 aliphatic heterocycles. The van der Waals surface area contributed by atoms with Gasteiger partial charge in [-0.3, -0.25) is 9.59 Å². The minimum atomic E-state index is -0.871. The zero-order chi connectivity index (χ0) is 26.9. The number of thioether (sulfide) groups is 1. The van der Waals surface area contributed by atoms with Gasteiger partial charge in [-0.2, -0.15) is 16.6 Å². The van der Waals surface area contributed by atoms with E-state index in [1.807, 2.05) is 0 Å². The third kappa shape index (κ3) is 19.4. The first-order valence-corrected chi connectivity index (χ1v) is 13.0. The Morgan fingerprint density at radius 3 is 2.17 bits per heavy atom. The zero-order valence-corrected chi connectivity index (χ0v) is 23.1. The predicted molar refractivity (Wildman–Crippen MR) is 144 cm³/mol. The maximum Gasteiger partial charge on any atom is 0.408 e. The van der Waals surface area contributed by atoms with Gasteiger partial charge < -0.3 is 20.9 Å². The first-order chi connectivity index (χ1) is 16.3. The Morgan fingerprint density at radius 1 is 1.00 bits per heavy atom. The fourth-order valence-corrected chi connectivity index (χ4v) is 3.80. The highest BCUT2D eigenvalue weighted by Gasteiger charge is 2.23. The Bertz CT molecular complexity index is 846. The van der Waals surface area contributed by atoms with Crippen molar-refractivity contribution in [3.05, 3.63) is 40.5 Å². The topological polar surface area (TPSA) is 121 Å². The van der Waals surface area contributed by atoms with Crippen molar-refractivity contribution in [2.24, 2.45) is 0 Å². The van der Waals surface area contributed by atoms with Gasteiger partial charge in [-0.25, -0.2) is 4.79 Å². The lowest BCUT2D eigenvalue weighted by molar-refractivity contribution is -0.125. The average molecular weight is 507 g/mol. The number of ether oxygens (including phenoxy) is 1. The number of hydrogen-bond acceptors (Lipinski definition) is 5. The second-order valence-corrected chi connectivity index (χ2v) is 10.7. The van der Waals surface area contributed by atoms with Gasteiger partial charge in [0.15, 0.2) is 0 Å². The molecule has 8 nitrogen and oxygen atoms in total. The summed E-state index contributed by atoms with van der Waals surface area (Å²) >= 11 is 1.48. The fraction of sp³-hybridized carbons (Fsp3) is 0.615. The first kappa shape index (κ1) is 32.4. The van der Waals surface area contributed by atoms with Crippen molar-refractivity contribution in [2.45, 2.75) is 85.8 Å². The van der Waals surface area contributed by atoms with E-state index < -0.39 is 29.4 Å². The van der Waals surface area contributed by atoms with E-state index in [2.05, 4.69) is 61.3 Å². The summed E-state index contributed by atoms with van der Waals surface area (Å²) < 4.78 is 5.08. The molecule has 1 atom stereocenters. The van der Waals surface area contributed by atoms with Crippen LogP contribution in [0.4, 0.5) is 4.79 Å². The Labute approximate surface area is 214 Å². The number of alkyl carbamates (subject to hydrolysis) is 1. The summed E-state index contributed by atoms with van der Waals surface area (Å²) in [4.78, 5) is 38.8. The normalized spacial score (nSPS) is 12.8. The second-order valence-electron chi connectivity index (χ2n) is 9.62. The van der Waals surface area contributed by atoms with Crippen LogP contribution in [0.2, 0.25) is 0 Å². The molecule has 0 saturated carbocycles. The molecular formula is C26H42N4O4S. The minimum absolute atomic E-state index is 0.302. The Hall–Kier alpha value is -2.64. The number of rotatable bonds is 15. The number of allylic oxidation sites excluding steroid dienone is 5. The number of hydrogen-bond donors (Lipinski definition) is 2. The number of carbonyl (C=O) groups is 3. The van der Waals surface area contributed by atoms with Crippen LogP contribution in [-0.4, -0.2) is 58.5 Å². The zero-order valence-electron chi connectivity index (χ0n) is 22.3. The molecule has 196 valence electrons. The lowest BCUT2D eigenvalue weighted by Crippen LogP contribution is -2.47. The fourth-order valence-electron chi connectivity index (χ4n) is 2.78. The molecular weight excluding hydrogens is 464 g/mol. The van der Waals surface area contributed by atoms with E-state index in [0.717, 1.165) is 31.9 Å². The Balaban J connectivity index is 4.57. The van der Waals surface area contributed by atoms with E-state index in [-0.39, 0.29) is 6.54 Å². The monoisotopic (exact) mass is 506 g/mol. The number of nitrogens with one attached hydrogen (secondary N) is 2. The smallest absolute Gasteiger partial charge is 0.408 e. The molecule has 0 spiro atoms. The van der Waals surface area contributed by atoms with Crippen LogP contribution in [0, 0.1) is 0 Å². The average Bonchev–Trinajstić information content (AvgIpc) is 2.73. The SMILES string of the molecule is CC(C)=CCC/C(C)=C/CC/C(C)=C/CSC[C@H](NC(=O)CNC(=O)OC(C)(C)C)C(=O)C=[N+]=[N-]. The Morgan fingerprint density at radius 2 is 1.60 bits per heavy atom. The summed E-state index contributed by atoms with van der Waals surface area (Å²) in [6.45, 7) is 13.3. The molecule has 0 bridgehead atoms. The Kier molecular flexibility index (Phi) is 16.4. The van der Waals surface area contributed by atoms with Gasteiger partial charge in [-0.1, -0.05) is 34.9 Å². The molecule has 0 aliphatic carbocycles. The number of amides is 2. The maximum absolute atomic E-state index is 12.2. The van der Waals surface area contributed by atoms with E-state index >= 15 is 0 Å². The molecule has 0 saturated heterocycles. The van der Waals surface area contributed by atoms with Crippen LogP contribution in [0.3, 0.4) is 0 Å². The minimum Gasteiger partial charge on any atom is -0.444 e. The highest BCUT2D eigenvalue weighted by atomic mass is 32.2.